The minimum absolute atomic E-state index is 0.384. The van der Waals surface area contributed by atoms with Crippen LogP contribution in [0.15, 0.2) is 29.6 Å². The van der Waals surface area contributed by atoms with Gasteiger partial charge in [0.1, 0.15) is 6.61 Å². The predicted molar refractivity (Wildman–Crippen MR) is 90.0 cm³/mol. The molecule has 1 atom stereocenters. The molecule has 2 N–H and O–H groups in total. The number of benzene rings is 1. The van der Waals surface area contributed by atoms with Crippen molar-refractivity contribution in [3.8, 4) is 11.5 Å². The van der Waals surface area contributed by atoms with E-state index >= 15 is 0 Å². The Morgan fingerprint density at radius 2 is 2.23 bits per heavy atom. The quantitative estimate of drug-likeness (QED) is 0.772. The average molecular weight is 342 g/mol. The van der Waals surface area contributed by atoms with E-state index in [1.54, 1.807) is 25.4 Å². The summed E-state index contributed by atoms with van der Waals surface area (Å²) in [7, 11) is 1.59. The summed E-state index contributed by atoms with van der Waals surface area (Å²) in [6.07, 6.45) is -0.384. The smallest absolute Gasteiger partial charge is 0.180 e. The van der Waals surface area contributed by atoms with Gasteiger partial charge in [-0.25, -0.2) is 0 Å². The van der Waals surface area contributed by atoms with Gasteiger partial charge in [0.05, 0.1) is 18.2 Å². The van der Waals surface area contributed by atoms with Crippen molar-refractivity contribution in [3.05, 3.63) is 45.1 Å². The average Bonchev–Trinajstić information content (AvgIpc) is 2.98. The summed E-state index contributed by atoms with van der Waals surface area (Å²) < 4.78 is 11.2. The van der Waals surface area contributed by atoms with Gasteiger partial charge >= 0.3 is 0 Å². The van der Waals surface area contributed by atoms with Gasteiger partial charge in [-0.1, -0.05) is 17.7 Å². The first-order valence-electron chi connectivity index (χ1n) is 7.00. The second-order valence-corrected chi connectivity index (χ2v) is 6.40. The second-order valence-electron chi connectivity index (χ2n) is 4.96. The van der Waals surface area contributed by atoms with E-state index in [0.717, 1.165) is 10.4 Å². The third-order valence-electron chi connectivity index (χ3n) is 3.00. The van der Waals surface area contributed by atoms with Crippen LogP contribution in [0.25, 0.3) is 0 Å². The topological polar surface area (TPSA) is 50.7 Å². The van der Waals surface area contributed by atoms with Crippen LogP contribution in [-0.4, -0.2) is 24.9 Å². The van der Waals surface area contributed by atoms with E-state index in [4.69, 9.17) is 21.1 Å². The van der Waals surface area contributed by atoms with Crippen molar-refractivity contribution in [3.63, 3.8) is 0 Å². The van der Waals surface area contributed by atoms with Crippen molar-refractivity contribution >= 4 is 22.9 Å². The van der Waals surface area contributed by atoms with E-state index in [9.17, 15) is 5.11 Å². The van der Waals surface area contributed by atoms with Crippen LogP contribution in [0, 0.1) is 0 Å². The number of ether oxygens (including phenoxy) is 2. The highest BCUT2D eigenvalue weighted by Gasteiger charge is 2.12. The van der Waals surface area contributed by atoms with E-state index in [1.165, 1.54) is 0 Å². The lowest BCUT2D eigenvalue weighted by Gasteiger charge is -2.14. The molecule has 6 heteroatoms. The van der Waals surface area contributed by atoms with Gasteiger partial charge < -0.3 is 19.9 Å². The number of aliphatic hydroxyl groups is 1. The third-order valence-corrected chi connectivity index (χ3v) is 4.13. The van der Waals surface area contributed by atoms with Crippen LogP contribution in [0.5, 0.6) is 11.5 Å². The Hall–Kier alpha value is -1.27. The number of methoxy groups -OCH3 is 1. The lowest BCUT2D eigenvalue weighted by Crippen LogP contribution is -2.23. The highest BCUT2D eigenvalue weighted by molar-refractivity contribution is 7.09. The maximum atomic E-state index is 9.26. The molecule has 0 aliphatic carbocycles. The molecule has 2 rings (SSSR count). The van der Waals surface area contributed by atoms with Gasteiger partial charge in [0.15, 0.2) is 11.5 Å². The molecule has 0 aliphatic rings. The molecule has 1 unspecified atom stereocenters. The number of hydrogen-bond donors (Lipinski definition) is 2. The zero-order chi connectivity index (χ0) is 15.9. The number of halogens is 1. The maximum absolute atomic E-state index is 9.26. The molecule has 1 aromatic carbocycles. The van der Waals surface area contributed by atoms with E-state index in [1.807, 2.05) is 29.6 Å². The Labute approximate surface area is 139 Å². The summed E-state index contributed by atoms with van der Waals surface area (Å²) >= 11 is 7.95. The molecule has 4 nitrogen and oxygen atoms in total. The molecule has 0 radical (unpaired) electrons. The van der Waals surface area contributed by atoms with Crippen LogP contribution < -0.4 is 14.8 Å². The van der Waals surface area contributed by atoms with Crippen LogP contribution in [0.3, 0.4) is 0 Å². The van der Waals surface area contributed by atoms with E-state index < -0.39 is 0 Å². The summed E-state index contributed by atoms with van der Waals surface area (Å²) in [4.78, 5) is 1.13. The Morgan fingerprint density at radius 3 is 2.86 bits per heavy atom. The number of thiophene rings is 1. The summed E-state index contributed by atoms with van der Waals surface area (Å²) in [6, 6.07) is 7.74. The number of rotatable bonds is 8. The zero-order valence-electron chi connectivity index (χ0n) is 12.6. The number of nitrogens with one attached hydrogen (secondary N) is 1. The fourth-order valence-electron chi connectivity index (χ4n) is 1.98. The predicted octanol–water partition coefficient (Wildman–Crippen LogP) is 3.46. The first-order chi connectivity index (χ1) is 10.6. The van der Waals surface area contributed by atoms with Gasteiger partial charge in [-0.15, -0.1) is 11.3 Å². The van der Waals surface area contributed by atoms with Gasteiger partial charge in [0.25, 0.3) is 0 Å². The van der Waals surface area contributed by atoms with E-state index in [2.05, 4.69) is 5.32 Å². The number of aliphatic hydroxyl groups excluding tert-OH is 1. The van der Waals surface area contributed by atoms with Crippen LogP contribution >= 0.6 is 22.9 Å². The molecular weight excluding hydrogens is 322 g/mol. The molecule has 0 fully saturated rings. The van der Waals surface area contributed by atoms with Crippen LogP contribution in [-0.2, 0) is 13.2 Å². The van der Waals surface area contributed by atoms with Gasteiger partial charge in [0.2, 0.25) is 0 Å². The normalized spacial score (nSPS) is 12.2. The van der Waals surface area contributed by atoms with Gasteiger partial charge in [-0.3, -0.25) is 0 Å². The van der Waals surface area contributed by atoms with Crippen LogP contribution in [0.2, 0.25) is 5.02 Å². The minimum atomic E-state index is -0.384. The van der Waals surface area contributed by atoms with Gasteiger partial charge in [-0.2, -0.15) is 0 Å². The molecule has 22 heavy (non-hydrogen) atoms. The first kappa shape index (κ1) is 17.1. The summed E-state index contributed by atoms with van der Waals surface area (Å²) in [5, 5.41) is 14.9. The van der Waals surface area contributed by atoms with Crippen molar-refractivity contribution < 1.29 is 14.6 Å². The standard InChI is InChI=1S/C16H20ClNO3S/c1-11(19)8-18-9-12-6-14(17)16(15(7-12)20-2)21-10-13-4-3-5-22-13/h3-7,11,18-19H,8-10H2,1-2H3. The lowest BCUT2D eigenvalue weighted by molar-refractivity contribution is 0.191. The summed E-state index contributed by atoms with van der Waals surface area (Å²) in [5.41, 5.74) is 0.978. The molecule has 120 valence electrons. The fraction of sp³-hybridized carbons (Fsp3) is 0.375. The molecule has 1 heterocycles. The lowest BCUT2D eigenvalue weighted by atomic mass is 10.2. The molecule has 0 saturated carbocycles. The maximum Gasteiger partial charge on any atom is 0.180 e. The molecule has 1 aromatic heterocycles. The van der Waals surface area contributed by atoms with Gasteiger partial charge in [-0.05, 0) is 36.1 Å². The van der Waals surface area contributed by atoms with E-state index in [-0.39, 0.29) is 6.10 Å². The molecule has 0 saturated heterocycles. The van der Waals surface area contributed by atoms with E-state index in [0.29, 0.717) is 36.2 Å². The molecule has 2 aromatic rings. The largest absolute Gasteiger partial charge is 0.493 e. The van der Waals surface area contributed by atoms with Crippen molar-refractivity contribution in [2.24, 2.45) is 0 Å². The highest BCUT2D eigenvalue weighted by atomic mass is 35.5. The zero-order valence-corrected chi connectivity index (χ0v) is 14.2. The Kier molecular flexibility index (Phi) is 6.51. The molecule has 0 amide bonds. The number of hydrogen-bond acceptors (Lipinski definition) is 5. The monoisotopic (exact) mass is 341 g/mol. The Morgan fingerprint density at radius 1 is 1.41 bits per heavy atom. The van der Waals surface area contributed by atoms with Crippen molar-refractivity contribution in [1.82, 2.24) is 5.32 Å². The fourth-order valence-corrected chi connectivity index (χ4v) is 2.88. The summed E-state index contributed by atoms with van der Waals surface area (Å²) in [5.74, 6) is 1.16. The summed E-state index contributed by atoms with van der Waals surface area (Å²) in [6.45, 7) is 3.33. The second kappa shape index (κ2) is 8.39. The highest BCUT2D eigenvalue weighted by Crippen LogP contribution is 2.37. The van der Waals surface area contributed by atoms with Crippen LogP contribution in [0.4, 0.5) is 0 Å². The SMILES string of the molecule is COc1cc(CNCC(C)O)cc(Cl)c1OCc1cccs1. The third kappa shape index (κ3) is 4.88. The Bertz CT molecular complexity index is 587. The van der Waals surface area contributed by atoms with Crippen LogP contribution in [0.1, 0.15) is 17.4 Å². The minimum Gasteiger partial charge on any atom is -0.493 e. The molecular formula is C16H20ClNO3S. The van der Waals surface area contributed by atoms with Crippen molar-refractivity contribution in [1.29, 1.82) is 0 Å². The first-order valence-corrected chi connectivity index (χ1v) is 8.26. The van der Waals surface area contributed by atoms with Gasteiger partial charge in [0, 0.05) is 18.0 Å². The van der Waals surface area contributed by atoms with Crippen molar-refractivity contribution in [2.45, 2.75) is 26.2 Å². The molecule has 0 bridgehead atoms. The van der Waals surface area contributed by atoms with Crippen molar-refractivity contribution in [2.75, 3.05) is 13.7 Å². The Balaban J connectivity index is 2.06. The molecule has 0 spiro atoms. The molecule has 0 aliphatic heterocycles.